The molecule has 9 nitrogen and oxygen atoms in total. The number of fused-ring (bicyclic) bond motifs is 1. The third-order valence-corrected chi connectivity index (χ3v) is 7.61. The molecular formula is C28H35N3O6S. The number of ether oxygens (including phenoxy) is 3. The molecule has 1 saturated heterocycles. The van der Waals surface area contributed by atoms with E-state index in [9.17, 15) is 14.4 Å². The average molecular weight is 542 g/mol. The lowest BCUT2D eigenvalue weighted by atomic mass is 9.93. The van der Waals surface area contributed by atoms with E-state index in [-0.39, 0.29) is 30.3 Å². The first-order valence-corrected chi connectivity index (χ1v) is 13.9. The fourth-order valence-electron chi connectivity index (χ4n) is 5.02. The van der Waals surface area contributed by atoms with Crippen LogP contribution in [-0.4, -0.2) is 65.7 Å². The van der Waals surface area contributed by atoms with Crippen molar-refractivity contribution in [1.29, 1.82) is 0 Å². The van der Waals surface area contributed by atoms with Gasteiger partial charge in [-0.2, -0.15) is 0 Å². The zero-order valence-electron chi connectivity index (χ0n) is 22.6. The largest absolute Gasteiger partial charge is 0.496 e. The van der Waals surface area contributed by atoms with Gasteiger partial charge in [0.05, 0.1) is 49.5 Å². The lowest BCUT2D eigenvalue weighted by Gasteiger charge is -2.38. The van der Waals surface area contributed by atoms with Crippen LogP contribution in [0.15, 0.2) is 51.6 Å². The maximum Gasteiger partial charge on any atom is 0.338 e. The van der Waals surface area contributed by atoms with Gasteiger partial charge in [-0.05, 0) is 52.0 Å². The van der Waals surface area contributed by atoms with Gasteiger partial charge in [0, 0.05) is 24.4 Å². The molecule has 0 spiro atoms. The molecule has 0 bridgehead atoms. The number of likely N-dealkylation sites (tertiary alicyclic amines) is 1. The fourth-order valence-corrected chi connectivity index (χ4v) is 5.98. The van der Waals surface area contributed by atoms with Crippen LogP contribution in [0.5, 0.6) is 5.75 Å². The number of benzene rings is 1. The highest BCUT2D eigenvalue weighted by Crippen LogP contribution is 2.47. The molecule has 204 valence electrons. The number of aliphatic imine (C=N–C) groups is 1. The number of rotatable bonds is 8. The van der Waals surface area contributed by atoms with E-state index in [1.165, 1.54) is 11.8 Å². The molecule has 0 radical (unpaired) electrons. The monoisotopic (exact) mass is 541 g/mol. The van der Waals surface area contributed by atoms with E-state index in [4.69, 9.17) is 19.2 Å². The normalized spacial score (nSPS) is 21.1. The van der Waals surface area contributed by atoms with Crippen molar-refractivity contribution in [2.75, 3.05) is 26.8 Å². The lowest BCUT2D eigenvalue weighted by Crippen LogP contribution is -2.44. The number of amidine groups is 1. The number of carbonyl (C=O) groups is 3. The van der Waals surface area contributed by atoms with Gasteiger partial charge in [0.2, 0.25) is 5.91 Å². The van der Waals surface area contributed by atoms with Crippen LogP contribution in [0.3, 0.4) is 0 Å². The van der Waals surface area contributed by atoms with Crippen LogP contribution in [0, 0.1) is 5.92 Å². The van der Waals surface area contributed by atoms with E-state index in [0.717, 1.165) is 17.7 Å². The van der Waals surface area contributed by atoms with Gasteiger partial charge in [0.1, 0.15) is 5.75 Å². The summed E-state index contributed by atoms with van der Waals surface area (Å²) in [6.45, 7) is 8.46. The smallest absolute Gasteiger partial charge is 0.338 e. The molecule has 4 rings (SSSR count). The Hall–Kier alpha value is -3.27. The molecule has 0 aromatic heterocycles. The first-order valence-electron chi connectivity index (χ1n) is 13.0. The van der Waals surface area contributed by atoms with Gasteiger partial charge >= 0.3 is 11.9 Å². The molecule has 3 aliphatic heterocycles. The van der Waals surface area contributed by atoms with Gasteiger partial charge in [0.25, 0.3) is 0 Å². The van der Waals surface area contributed by atoms with Crippen molar-refractivity contribution in [2.24, 2.45) is 10.9 Å². The number of hydrogen-bond acceptors (Lipinski definition) is 9. The Balaban J connectivity index is 1.64. The Bertz CT molecular complexity index is 1190. The van der Waals surface area contributed by atoms with E-state index in [0.29, 0.717) is 48.3 Å². The number of nitrogens with zero attached hydrogens (tertiary/aromatic N) is 3. The molecule has 10 heteroatoms. The molecule has 0 aliphatic carbocycles. The third kappa shape index (κ3) is 5.75. The van der Waals surface area contributed by atoms with Crippen molar-refractivity contribution in [1.82, 2.24) is 9.80 Å². The first-order chi connectivity index (χ1) is 18.2. The first kappa shape index (κ1) is 27.8. The van der Waals surface area contributed by atoms with E-state index in [1.807, 2.05) is 34.6 Å². The molecule has 0 saturated carbocycles. The van der Waals surface area contributed by atoms with Crippen LogP contribution in [0.2, 0.25) is 0 Å². The summed E-state index contributed by atoms with van der Waals surface area (Å²) in [6, 6.07) is 6.96. The van der Waals surface area contributed by atoms with E-state index in [1.54, 1.807) is 39.7 Å². The molecule has 1 aromatic rings. The third-order valence-electron chi connectivity index (χ3n) is 6.72. The molecule has 0 unspecified atom stereocenters. The summed E-state index contributed by atoms with van der Waals surface area (Å²) in [5.41, 5.74) is 2.49. The maximum atomic E-state index is 13.5. The van der Waals surface area contributed by atoms with Crippen molar-refractivity contribution in [3.8, 4) is 5.75 Å². The number of piperidine rings is 1. The van der Waals surface area contributed by atoms with Gasteiger partial charge in [-0.15, -0.1) is 0 Å². The zero-order valence-corrected chi connectivity index (χ0v) is 23.4. The van der Waals surface area contributed by atoms with Crippen LogP contribution in [-0.2, 0) is 23.9 Å². The van der Waals surface area contributed by atoms with Crippen molar-refractivity contribution >= 4 is 34.8 Å². The van der Waals surface area contributed by atoms with Crippen LogP contribution < -0.4 is 4.74 Å². The number of para-hydroxylation sites is 1. The Morgan fingerprint density at radius 2 is 1.97 bits per heavy atom. The van der Waals surface area contributed by atoms with Crippen LogP contribution in [0.25, 0.3) is 0 Å². The Kier molecular flexibility index (Phi) is 8.81. The van der Waals surface area contributed by atoms with Crippen molar-refractivity contribution in [3.63, 3.8) is 0 Å². The number of hydrogen-bond donors (Lipinski definition) is 0. The number of esters is 2. The summed E-state index contributed by atoms with van der Waals surface area (Å²) in [7, 11) is 1.59. The lowest BCUT2D eigenvalue weighted by molar-refractivity contribution is -0.151. The summed E-state index contributed by atoms with van der Waals surface area (Å²) in [5, 5.41) is 2.60. The Morgan fingerprint density at radius 3 is 2.68 bits per heavy atom. The predicted octanol–water partition coefficient (Wildman–Crippen LogP) is 4.41. The second-order valence-electron chi connectivity index (χ2n) is 9.70. The SMILES string of the molecule is CCOC(=O)[C@H]1CCCN(C(=O)CC2=CSC3=NC(C)=C(C(=O)OC(C)C)[C@H](c4ccccc4OC)N23)C1. The van der Waals surface area contributed by atoms with Gasteiger partial charge in [0.15, 0.2) is 5.17 Å². The number of carbonyl (C=O) groups excluding carboxylic acids is 3. The molecule has 3 heterocycles. The molecule has 1 fully saturated rings. The zero-order chi connectivity index (χ0) is 27.4. The summed E-state index contributed by atoms with van der Waals surface area (Å²) < 4.78 is 16.5. The molecular weight excluding hydrogens is 506 g/mol. The van der Waals surface area contributed by atoms with Crippen molar-refractivity contribution in [2.45, 2.75) is 59.1 Å². The number of allylic oxidation sites excluding steroid dienone is 1. The minimum atomic E-state index is -0.576. The summed E-state index contributed by atoms with van der Waals surface area (Å²) in [4.78, 5) is 47.5. The summed E-state index contributed by atoms with van der Waals surface area (Å²) in [6.07, 6.45) is 1.27. The number of methoxy groups -OCH3 is 1. The van der Waals surface area contributed by atoms with Crippen LogP contribution in [0.4, 0.5) is 0 Å². The quantitative estimate of drug-likeness (QED) is 0.447. The minimum Gasteiger partial charge on any atom is -0.496 e. The number of thioether (sulfide) groups is 1. The second kappa shape index (κ2) is 12.1. The molecule has 1 aromatic carbocycles. The topological polar surface area (TPSA) is 97.7 Å². The van der Waals surface area contributed by atoms with Gasteiger partial charge in [-0.25, -0.2) is 9.79 Å². The van der Waals surface area contributed by atoms with E-state index >= 15 is 0 Å². The minimum absolute atomic E-state index is 0.0801. The highest BCUT2D eigenvalue weighted by molar-refractivity contribution is 8.16. The van der Waals surface area contributed by atoms with Gasteiger partial charge < -0.3 is 24.0 Å². The Labute approximate surface area is 227 Å². The Morgan fingerprint density at radius 1 is 1.21 bits per heavy atom. The van der Waals surface area contributed by atoms with E-state index < -0.39 is 12.0 Å². The van der Waals surface area contributed by atoms with E-state index in [2.05, 4.69) is 0 Å². The average Bonchev–Trinajstić information content (AvgIpc) is 3.29. The number of amides is 1. The standard InChI is InChI=1S/C28H35N3O6S/c1-6-36-26(33)19-10-9-13-30(15-19)23(32)14-20-16-38-28-29-18(4)24(27(34)37-17(2)3)25(31(20)28)21-11-7-8-12-22(21)35-5/h7-8,11-12,16-17,19,25H,6,9-10,13-15H2,1-5H3/t19-,25-/m0/s1. The van der Waals surface area contributed by atoms with Crippen molar-refractivity contribution < 1.29 is 28.6 Å². The molecule has 3 aliphatic rings. The van der Waals surface area contributed by atoms with Gasteiger partial charge in [-0.1, -0.05) is 30.0 Å². The molecule has 0 N–H and O–H groups in total. The van der Waals surface area contributed by atoms with Crippen LogP contribution >= 0.6 is 11.8 Å². The highest BCUT2D eigenvalue weighted by atomic mass is 32.2. The van der Waals surface area contributed by atoms with Gasteiger partial charge in [-0.3, -0.25) is 9.59 Å². The summed E-state index contributed by atoms with van der Waals surface area (Å²) in [5.74, 6) is -0.472. The predicted molar refractivity (Wildman–Crippen MR) is 145 cm³/mol. The molecule has 38 heavy (non-hydrogen) atoms. The maximum absolute atomic E-state index is 13.5. The molecule has 2 atom stereocenters. The van der Waals surface area contributed by atoms with Crippen molar-refractivity contribution in [3.05, 3.63) is 52.2 Å². The highest BCUT2D eigenvalue weighted by Gasteiger charge is 2.43. The fraction of sp³-hybridized carbons (Fsp3) is 0.500. The summed E-state index contributed by atoms with van der Waals surface area (Å²) >= 11 is 1.42. The molecule has 1 amide bonds. The van der Waals surface area contributed by atoms with Crippen LogP contribution in [0.1, 0.15) is 58.6 Å². The second-order valence-corrected chi connectivity index (χ2v) is 10.5.